The highest BCUT2D eigenvalue weighted by molar-refractivity contribution is 5.78. The van der Waals surface area contributed by atoms with E-state index >= 15 is 0 Å². The summed E-state index contributed by atoms with van der Waals surface area (Å²) in [4.78, 5) is 25.0. The van der Waals surface area contributed by atoms with Crippen LogP contribution in [0, 0.1) is 10.8 Å². The number of nitrogens with zero attached hydrogens (tertiary/aromatic N) is 1. The summed E-state index contributed by atoms with van der Waals surface area (Å²) in [5.74, 6) is -0.673. The maximum atomic E-state index is 12.1. The Morgan fingerprint density at radius 3 is 2.28 bits per heavy atom. The minimum atomic E-state index is -0.763. The van der Waals surface area contributed by atoms with Gasteiger partial charge < -0.3 is 10.0 Å². The van der Waals surface area contributed by atoms with Crippen molar-refractivity contribution < 1.29 is 14.7 Å². The summed E-state index contributed by atoms with van der Waals surface area (Å²) in [5, 5.41) is 9.13. The fraction of sp³-hybridized carbons (Fsp3) is 0.714. The Hall–Kier alpha value is -1.32. The molecule has 0 aliphatic carbocycles. The molecule has 0 aromatic rings. The molecule has 1 fully saturated rings. The highest BCUT2D eigenvalue weighted by Crippen LogP contribution is 2.32. The summed E-state index contributed by atoms with van der Waals surface area (Å²) in [7, 11) is 0. The van der Waals surface area contributed by atoms with Gasteiger partial charge in [0.05, 0.1) is 5.41 Å². The SMILES string of the molecule is C=CC(C)(C)CC(=O)N1CCC(C)(C(=O)O)CC1. The number of aliphatic carboxylic acids is 1. The average molecular weight is 253 g/mol. The number of likely N-dealkylation sites (tertiary alicyclic amines) is 1. The molecular weight excluding hydrogens is 230 g/mol. The zero-order valence-electron chi connectivity index (χ0n) is 11.5. The monoisotopic (exact) mass is 253 g/mol. The summed E-state index contributed by atoms with van der Waals surface area (Å²) in [6.45, 7) is 10.5. The van der Waals surface area contributed by atoms with Crippen LogP contribution >= 0.6 is 0 Å². The van der Waals surface area contributed by atoms with E-state index in [4.69, 9.17) is 5.11 Å². The van der Waals surface area contributed by atoms with E-state index in [1.807, 2.05) is 13.8 Å². The first-order chi connectivity index (χ1) is 8.20. The molecule has 0 radical (unpaired) electrons. The van der Waals surface area contributed by atoms with Gasteiger partial charge in [-0.15, -0.1) is 6.58 Å². The normalized spacial score (nSPS) is 19.4. The Morgan fingerprint density at radius 2 is 1.89 bits per heavy atom. The van der Waals surface area contributed by atoms with Crippen LogP contribution in [0.3, 0.4) is 0 Å². The summed E-state index contributed by atoms with van der Waals surface area (Å²) >= 11 is 0. The van der Waals surface area contributed by atoms with Crippen molar-refractivity contribution in [2.45, 2.75) is 40.0 Å². The molecule has 1 saturated heterocycles. The lowest BCUT2D eigenvalue weighted by atomic mass is 9.80. The molecule has 0 saturated carbocycles. The molecule has 0 atom stereocenters. The number of carboxylic acids is 1. The Kier molecular flexibility index (Phi) is 4.20. The van der Waals surface area contributed by atoms with Crippen molar-refractivity contribution in [2.75, 3.05) is 13.1 Å². The number of carboxylic acid groups (broad SMARTS) is 1. The summed E-state index contributed by atoms with van der Waals surface area (Å²) in [6, 6.07) is 0. The number of hydrogen-bond acceptors (Lipinski definition) is 2. The predicted octanol–water partition coefficient (Wildman–Crippen LogP) is 2.30. The van der Waals surface area contributed by atoms with Crippen LogP contribution in [-0.2, 0) is 9.59 Å². The quantitative estimate of drug-likeness (QED) is 0.782. The third kappa shape index (κ3) is 3.34. The van der Waals surface area contributed by atoms with E-state index in [9.17, 15) is 9.59 Å². The fourth-order valence-corrected chi connectivity index (χ4v) is 2.04. The van der Waals surface area contributed by atoms with Crippen LogP contribution in [0.25, 0.3) is 0 Å². The summed E-state index contributed by atoms with van der Waals surface area (Å²) < 4.78 is 0. The van der Waals surface area contributed by atoms with Gasteiger partial charge in [0.2, 0.25) is 5.91 Å². The number of amides is 1. The molecule has 1 aliphatic heterocycles. The van der Waals surface area contributed by atoms with Crippen molar-refractivity contribution >= 4 is 11.9 Å². The standard InChI is InChI=1S/C14H23NO3/c1-5-13(2,3)10-11(16)15-8-6-14(4,7-9-15)12(17)18/h5H,1,6-10H2,2-4H3,(H,17,18). The highest BCUT2D eigenvalue weighted by atomic mass is 16.4. The minimum Gasteiger partial charge on any atom is -0.481 e. The summed E-state index contributed by atoms with van der Waals surface area (Å²) in [6.07, 6.45) is 3.28. The van der Waals surface area contributed by atoms with Crippen molar-refractivity contribution in [2.24, 2.45) is 10.8 Å². The number of allylic oxidation sites excluding steroid dienone is 1. The smallest absolute Gasteiger partial charge is 0.309 e. The minimum absolute atomic E-state index is 0.0901. The Morgan fingerprint density at radius 1 is 1.39 bits per heavy atom. The van der Waals surface area contributed by atoms with Crippen LogP contribution in [0.15, 0.2) is 12.7 Å². The first kappa shape index (κ1) is 14.7. The largest absolute Gasteiger partial charge is 0.481 e. The third-order valence-corrected chi connectivity index (χ3v) is 3.90. The molecule has 0 aromatic carbocycles. The maximum absolute atomic E-state index is 12.1. The van der Waals surface area contributed by atoms with Gasteiger partial charge >= 0.3 is 5.97 Å². The molecule has 0 aromatic heterocycles. The van der Waals surface area contributed by atoms with Gasteiger partial charge in [0.15, 0.2) is 0 Å². The predicted molar refractivity (Wildman–Crippen MR) is 70.2 cm³/mol. The van der Waals surface area contributed by atoms with E-state index in [2.05, 4.69) is 6.58 Å². The van der Waals surface area contributed by atoms with Gasteiger partial charge in [-0.2, -0.15) is 0 Å². The van der Waals surface area contributed by atoms with Crippen LogP contribution in [0.2, 0.25) is 0 Å². The fourth-order valence-electron chi connectivity index (χ4n) is 2.04. The molecule has 102 valence electrons. The van der Waals surface area contributed by atoms with Crippen LogP contribution < -0.4 is 0 Å². The van der Waals surface area contributed by atoms with Crippen molar-refractivity contribution in [3.05, 3.63) is 12.7 Å². The van der Waals surface area contributed by atoms with E-state index in [0.29, 0.717) is 32.4 Å². The molecule has 18 heavy (non-hydrogen) atoms. The van der Waals surface area contributed by atoms with E-state index in [0.717, 1.165) is 0 Å². The van der Waals surface area contributed by atoms with Crippen molar-refractivity contribution in [1.29, 1.82) is 0 Å². The molecule has 1 rings (SSSR count). The number of carbonyl (C=O) groups excluding carboxylic acids is 1. The molecule has 0 bridgehead atoms. The topological polar surface area (TPSA) is 57.6 Å². The van der Waals surface area contributed by atoms with E-state index < -0.39 is 11.4 Å². The van der Waals surface area contributed by atoms with Crippen LogP contribution in [0.5, 0.6) is 0 Å². The molecule has 1 amide bonds. The molecule has 1 N–H and O–H groups in total. The molecule has 1 aliphatic rings. The number of hydrogen-bond donors (Lipinski definition) is 1. The second-order valence-electron chi connectivity index (χ2n) is 6.12. The van der Waals surface area contributed by atoms with Gasteiger partial charge in [-0.25, -0.2) is 0 Å². The van der Waals surface area contributed by atoms with Crippen LogP contribution in [0.4, 0.5) is 0 Å². The Labute approximate surface area is 109 Å². The maximum Gasteiger partial charge on any atom is 0.309 e. The Bertz CT molecular complexity index is 352. The average Bonchev–Trinajstić information content (AvgIpc) is 2.29. The molecule has 4 nitrogen and oxygen atoms in total. The van der Waals surface area contributed by atoms with Gasteiger partial charge in [0.25, 0.3) is 0 Å². The number of rotatable bonds is 4. The van der Waals surface area contributed by atoms with Gasteiger partial charge in [0.1, 0.15) is 0 Å². The van der Waals surface area contributed by atoms with Gasteiger partial charge in [0, 0.05) is 19.5 Å². The molecule has 4 heteroatoms. The van der Waals surface area contributed by atoms with Crippen LogP contribution in [0.1, 0.15) is 40.0 Å². The Balaban J connectivity index is 2.56. The van der Waals surface area contributed by atoms with Crippen molar-refractivity contribution in [3.63, 3.8) is 0 Å². The lowest BCUT2D eigenvalue weighted by Crippen LogP contribution is -2.45. The second kappa shape index (κ2) is 5.12. The van der Waals surface area contributed by atoms with Gasteiger partial charge in [-0.1, -0.05) is 19.9 Å². The third-order valence-electron chi connectivity index (χ3n) is 3.90. The van der Waals surface area contributed by atoms with Gasteiger partial charge in [-0.3, -0.25) is 9.59 Å². The first-order valence-electron chi connectivity index (χ1n) is 6.35. The number of carbonyl (C=O) groups is 2. The molecular formula is C14H23NO3. The number of piperidine rings is 1. The van der Waals surface area contributed by atoms with Crippen molar-refractivity contribution in [1.82, 2.24) is 4.90 Å². The summed E-state index contributed by atoms with van der Waals surface area (Å²) in [5.41, 5.74) is -0.880. The first-order valence-corrected chi connectivity index (χ1v) is 6.35. The zero-order chi connectivity index (χ0) is 14.0. The van der Waals surface area contributed by atoms with Gasteiger partial charge in [-0.05, 0) is 25.2 Å². The van der Waals surface area contributed by atoms with E-state index in [1.165, 1.54) is 0 Å². The lowest BCUT2D eigenvalue weighted by Gasteiger charge is -2.37. The zero-order valence-corrected chi connectivity index (χ0v) is 11.5. The molecule has 0 unspecified atom stereocenters. The highest BCUT2D eigenvalue weighted by Gasteiger charge is 2.38. The lowest BCUT2D eigenvalue weighted by molar-refractivity contribution is -0.153. The van der Waals surface area contributed by atoms with E-state index in [1.54, 1.807) is 17.9 Å². The van der Waals surface area contributed by atoms with E-state index in [-0.39, 0.29) is 11.3 Å². The van der Waals surface area contributed by atoms with Crippen LogP contribution in [-0.4, -0.2) is 35.0 Å². The second-order valence-corrected chi connectivity index (χ2v) is 6.12. The van der Waals surface area contributed by atoms with Crippen molar-refractivity contribution in [3.8, 4) is 0 Å². The molecule has 0 spiro atoms. The molecule has 1 heterocycles.